The lowest BCUT2D eigenvalue weighted by Crippen LogP contribution is -2.45. The van der Waals surface area contributed by atoms with Crippen molar-refractivity contribution in [2.75, 3.05) is 43.4 Å². The molecule has 1 amide bonds. The lowest BCUT2D eigenvalue weighted by Gasteiger charge is -2.34. The largest absolute Gasteiger partial charge is 0.326 e. The first-order valence-corrected chi connectivity index (χ1v) is 11.1. The minimum absolute atomic E-state index is 0.0864. The number of benzene rings is 2. The molecule has 0 unspecified atom stereocenters. The highest BCUT2D eigenvalue weighted by molar-refractivity contribution is 5.88. The van der Waals surface area contributed by atoms with Crippen LogP contribution >= 0.6 is 0 Å². The van der Waals surface area contributed by atoms with E-state index in [-0.39, 0.29) is 5.91 Å². The third kappa shape index (κ3) is 5.90. The molecular formula is C25H30N6O. The third-order valence-corrected chi connectivity index (χ3v) is 5.66. The van der Waals surface area contributed by atoms with Crippen molar-refractivity contribution in [2.24, 2.45) is 0 Å². The first kappa shape index (κ1) is 21.9. The zero-order valence-electron chi connectivity index (χ0n) is 18.7. The quantitative estimate of drug-likeness (QED) is 0.591. The minimum atomic E-state index is -0.0864. The second-order valence-corrected chi connectivity index (χ2v) is 8.06. The number of rotatable bonds is 7. The fourth-order valence-corrected chi connectivity index (χ4v) is 3.91. The number of anilines is 3. The van der Waals surface area contributed by atoms with Gasteiger partial charge in [-0.2, -0.15) is 0 Å². The Balaban J connectivity index is 1.41. The molecule has 1 aromatic heterocycles. The lowest BCUT2D eigenvalue weighted by atomic mass is 10.1. The molecule has 2 heterocycles. The zero-order valence-corrected chi connectivity index (χ0v) is 18.7. The van der Waals surface area contributed by atoms with Gasteiger partial charge in [0, 0.05) is 62.8 Å². The fraction of sp³-hybridized carbons (Fsp3) is 0.320. The van der Waals surface area contributed by atoms with E-state index in [4.69, 9.17) is 0 Å². The van der Waals surface area contributed by atoms with E-state index in [1.54, 1.807) is 6.20 Å². The highest BCUT2D eigenvalue weighted by Gasteiger charge is 2.15. The molecular weight excluding hydrogens is 400 g/mol. The predicted molar refractivity (Wildman–Crippen MR) is 129 cm³/mol. The number of aromatic nitrogens is 2. The SMILES string of the molecule is CCN1CCN(Cc2cccc(Nc3nccc(-c4ccc(NC(C)=O)cc4)n3)c2)CC1. The van der Waals surface area contributed by atoms with Gasteiger partial charge in [-0.25, -0.2) is 9.97 Å². The molecule has 1 saturated heterocycles. The molecule has 166 valence electrons. The molecule has 7 nitrogen and oxygen atoms in total. The van der Waals surface area contributed by atoms with Crippen LogP contribution in [0.25, 0.3) is 11.3 Å². The number of likely N-dealkylation sites (N-methyl/N-ethyl adjacent to an activating group) is 1. The van der Waals surface area contributed by atoms with Crippen LogP contribution in [0.5, 0.6) is 0 Å². The summed E-state index contributed by atoms with van der Waals surface area (Å²) in [5, 5.41) is 6.12. The van der Waals surface area contributed by atoms with Crippen molar-refractivity contribution in [3.05, 3.63) is 66.4 Å². The van der Waals surface area contributed by atoms with Gasteiger partial charge in [0.05, 0.1) is 5.69 Å². The molecule has 2 N–H and O–H groups in total. The Kier molecular flexibility index (Phi) is 7.09. The van der Waals surface area contributed by atoms with Crippen molar-refractivity contribution in [3.8, 4) is 11.3 Å². The number of piperazine rings is 1. The second-order valence-electron chi connectivity index (χ2n) is 8.06. The average Bonchev–Trinajstić information content (AvgIpc) is 2.80. The van der Waals surface area contributed by atoms with E-state index in [1.165, 1.54) is 12.5 Å². The first-order chi connectivity index (χ1) is 15.6. The molecule has 4 rings (SSSR count). The van der Waals surface area contributed by atoms with Crippen LogP contribution in [0.15, 0.2) is 60.8 Å². The Hall–Kier alpha value is -3.29. The molecule has 1 aliphatic rings. The topological polar surface area (TPSA) is 73.4 Å². The van der Waals surface area contributed by atoms with Gasteiger partial charge in [-0.05, 0) is 42.4 Å². The molecule has 0 bridgehead atoms. The number of hydrogen-bond acceptors (Lipinski definition) is 6. The average molecular weight is 431 g/mol. The van der Waals surface area contributed by atoms with E-state index in [1.807, 2.05) is 36.4 Å². The van der Waals surface area contributed by atoms with E-state index in [9.17, 15) is 4.79 Å². The van der Waals surface area contributed by atoms with Crippen LogP contribution in [0.1, 0.15) is 19.4 Å². The van der Waals surface area contributed by atoms with Crippen LogP contribution in [-0.2, 0) is 11.3 Å². The molecule has 32 heavy (non-hydrogen) atoms. The first-order valence-electron chi connectivity index (χ1n) is 11.1. The van der Waals surface area contributed by atoms with Crippen LogP contribution in [-0.4, -0.2) is 58.4 Å². The summed E-state index contributed by atoms with van der Waals surface area (Å²) in [6, 6.07) is 18.0. The molecule has 3 aromatic rings. The van der Waals surface area contributed by atoms with Crippen molar-refractivity contribution in [1.29, 1.82) is 0 Å². The van der Waals surface area contributed by atoms with Gasteiger partial charge in [-0.15, -0.1) is 0 Å². The molecule has 1 fully saturated rings. The summed E-state index contributed by atoms with van der Waals surface area (Å²) in [6.45, 7) is 10.3. The molecule has 2 aromatic carbocycles. The Labute approximate surface area is 189 Å². The van der Waals surface area contributed by atoms with Crippen LogP contribution in [0.2, 0.25) is 0 Å². The Bertz CT molecular complexity index is 1040. The number of nitrogens with one attached hydrogen (secondary N) is 2. The standard InChI is InChI=1S/C25H30N6O/c1-3-30-13-15-31(16-14-30)18-20-5-4-6-23(17-20)28-25-26-12-11-24(29-25)21-7-9-22(10-8-21)27-19(2)32/h4-12,17H,3,13-16,18H2,1-2H3,(H,27,32)(H,26,28,29). The maximum absolute atomic E-state index is 11.2. The van der Waals surface area contributed by atoms with Crippen molar-refractivity contribution >= 4 is 23.2 Å². The maximum Gasteiger partial charge on any atom is 0.227 e. The summed E-state index contributed by atoms with van der Waals surface area (Å²) in [5.74, 6) is 0.471. The summed E-state index contributed by atoms with van der Waals surface area (Å²) in [5.41, 5.74) is 4.81. The lowest BCUT2D eigenvalue weighted by molar-refractivity contribution is -0.114. The van der Waals surface area contributed by atoms with Gasteiger partial charge in [0.15, 0.2) is 0 Å². The summed E-state index contributed by atoms with van der Waals surface area (Å²) in [6.07, 6.45) is 1.75. The van der Waals surface area contributed by atoms with Crippen LogP contribution < -0.4 is 10.6 Å². The van der Waals surface area contributed by atoms with Gasteiger partial charge < -0.3 is 15.5 Å². The molecule has 7 heteroatoms. The van der Waals surface area contributed by atoms with Gasteiger partial charge in [0.1, 0.15) is 0 Å². The molecule has 0 aliphatic carbocycles. The van der Waals surface area contributed by atoms with Gasteiger partial charge >= 0.3 is 0 Å². The summed E-state index contributed by atoms with van der Waals surface area (Å²) in [7, 11) is 0. The number of hydrogen-bond donors (Lipinski definition) is 2. The number of carbonyl (C=O) groups is 1. The summed E-state index contributed by atoms with van der Waals surface area (Å²) >= 11 is 0. The van der Waals surface area contributed by atoms with E-state index in [0.29, 0.717) is 5.95 Å². The van der Waals surface area contributed by atoms with Gasteiger partial charge in [-0.3, -0.25) is 9.69 Å². The highest BCUT2D eigenvalue weighted by atomic mass is 16.1. The van der Waals surface area contributed by atoms with E-state index < -0.39 is 0 Å². The normalized spacial score (nSPS) is 14.8. The molecule has 0 spiro atoms. The van der Waals surface area contributed by atoms with Gasteiger partial charge in [0.2, 0.25) is 11.9 Å². The maximum atomic E-state index is 11.2. The number of nitrogens with zero attached hydrogens (tertiary/aromatic N) is 4. The Morgan fingerprint density at radius 3 is 2.44 bits per heavy atom. The van der Waals surface area contributed by atoms with E-state index >= 15 is 0 Å². The summed E-state index contributed by atoms with van der Waals surface area (Å²) < 4.78 is 0. The second kappa shape index (κ2) is 10.3. The Morgan fingerprint density at radius 1 is 0.969 bits per heavy atom. The van der Waals surface area contributed by atoms with Crippen LogP contribution in [0.4, 0.5) is 17.3 Å². The predicted octanol–water partition coefficient (Wildman–Crippen LogP) is 3.98. The minimum Gasteiger partial charge on any atom is -0.326 e. The third-order valence-electron chi connectivity index (χ3n) is 5.66. The van der Waals surface area contributed by atoms with E-state index in [0.717, 1.165) is 61.9 Å². The van der Waals surface area contributed by atoms with Crippen molar-refractivity contribution in [3.63, 3.8) is 0 Å². The van der Waals surface area contributed by atoms with Gasteiger partial charge in [-0.1, -0.05) is 31.2 Å². The molecule has 0 radical (unpaired) electrons. The van der Waals surface area contributed by atoms with Crippen molar-refractivity contribution in [2.45, 2.75) is 20.4 Å². The molecule has 0 saturated carbocycles. The van der Waals surface area contributed by atoms with E-state index in [2.05, 4.69) is 55.5 Å². The smallest absolute Gasteiger partial charge is 0.227 e. The molecule has 0 atom stereocenters. The van der Waals surface area contributed by atoms with Crippen molar-refractivity contribution in [1.82, 2.24) is 19.8 Å². The monoisotopic (exact) mass is 430 g/mol. The zero-order chi connectivity index (χ0) is 22.3. The number of amides is 1. The van der Waals surface area contributed by atoms with Crippen LogP contribution in [0.3, 0.4) is 0 Å². The highest BCUT2D eigenvalue weighted by Crippen LogP contribution is 2.22. The molecule has 1 aliphatic heterocycles. The fourth-order valence-electron chi connectivity index (χ4n) is 3.91. The van der Waals surface area contributed by atoms with Crippen LogP contribution in [0, 0.1) is 0 Å². The van der Waals surface area contributed by atoms with Crippen molar-refractivity contribution < 1.29 is 4.79 Å². The number of carbonyl (C=O) groups excluding carboxylic acids is 1. The summed E-state index contributed by atoms with van der Waals surface area (Å²) in [4.78, 5) is 25.3. The Morgan fingerprint density at radius 2 is 1.72 bits per heavy atom. The van der Waals surface area contributed by atoms with Gasteiger partial charge in [0.25, 0.3) is 0 Å².